The second-order valence-corrected chi connectivity index (χ2v) is 6.72. The molecule has 0 spiro atoms. The van der Waals surface area contributed by atoms with Crippen LogP contribution in [0.2, 0.25) is 0 Å². The van der Waals surface area contributed by atoms with Crippen molar-refractivity contribution in [1.82, 2.24) is 25.4 Å². The Kier molecular flexibility index (Phi) is 4.93. The summed E-state index contributed by atoms with van der Waals surface area (Å²) in [5.41, 5.74) is 3.15. The minimum absolute atomic E-state index is 0.0281. The van der Waals surface area contributed by atoms with E-state index < -0.39 is 0 Å². The SMILES string of the molecule is O=C(Cn1nccc1[C@@H]1CCCNC1)NCc1ccnc2ccccc12. The molecule has 26 heavy (non-hydrogen) atoms. The molecule has 1 aliphatic rings. The van der Waals surface area contributed by atoms with Crippen LogP contribution in [0.3, 0.4) is 0 Å². The first-order valence-electron chi connectivity index (χ1n) is 9.13. The summed E-state index contributed by atoms with van der Waals surface area (Å²) in [6.45, 7) is 2.77. The second-order valence-electron chi connectivity index (χ2n) is 6.72. The number of para-hydroxylation sites is 1. The molecule has 6 nitrogen and oxygen atoms in total. The number of fused-ring (bicyclic) bond motifs is 1. The third-order valence-electron chi connectivity index (χ3n) is 4.97. The van der Waals surface area contributed by atoms with Crippen LogP contribution in [0.5, 0.6) is 0 Å². The maximum absolute atomic E-state index is 12.5. The van der Waals surface area contributed by atoms with Crippen LogP contribution in [-0.2, 0) is 17.9 Å². The Morgan fingerprint density at radius 3 is 3.04 bits per heavy atom. The molecule has 0 aliphatic carbocycles. The average Bonchev–Trinajstić information content (AvgIpc) is 3.15. The molecule has 4 rings (SSSR count). The molecule has 6 heteroatoms. The molecule has 1 saturated heterocycles. The van der Waals surface area contributed by atoms with Crippen LogP contribution in [0.15, 0.2) is 48.8 Å². The molecule has 0 unspecified atom stereocenters. The lowest BCUT2D eigenvalue weighted by atomic mass is 9.96. The van der Waals surface area contributed by atoms with Crippen molar-refractivity contribution in [2.45, 2.75) is 31.8 Å². The highest BCUT2D eigenvalue weighted by Gasteiger charge is 2.19. The van der Waals surface area contributed by atoms with E-state index in [0.717, 1.165) is 48.1 Å². The van der Waals surface area contributed by atoms with Gasteiger partial charge in [-0.1, -0.05) is 18.2 Å². The number of piperidine rings is 1. The quantitative estimate of drug-likeness (QED) is 0.741. The van der Waals surface area contributed by atoms with E-state index in [9.17, 15) is 4.79 Å². The molecule has 0 radical (unpaired) electrons. The zero-order valence-electron chi connectivity index (χ0n) is 14.7. The Morgan fingerprint density at radius 1 is 1.23 bits per heavy atom. The van der Waals surface area contributed by atoms with E-state index >= 15 is 0 Å². The first-order valence-corrected chi connectivity index (χ1v) is 9.13. The van der Waals surface area contributed by atoms with E-state index in [1.165, 1.54) is 0 Å². The third kappa shape index (κ3) is 3.60. The third-order valence-corrected chi connectivity index (χ3v) is 4.97. The molecule has 3 heterocycles. The summed E-state index contributed by atoms with van der Waals surface area (Å²) < 4.78 is 1.83. The van der Waals surface area contributed by atoms with Crippen LogP contribution in [0.1, 0.15) is 30.0 Å². The van der Waals surface area contributed by atoms with E-state index in [0.29, 0.717) is 12.5 Å². The molecule has 134 valence electrons. The number of aromatic nitrogens is 3. The predicted octanol–water partition coefficient (Wildman–Crippen LogP) is 2.21. The summed E-state index contributed by atoms with van der Waals surface area (Å²) in [5.74, 6) is 0.405. The molecular weight excluding hydrogens is 326 g/mol. The van der Waals surface area contributed by atoms with Gasteiger partial charge in [0, 0.05) is 42.5 Å². The van der Waals surface area contributed by atoms with Crippen LogP contribution < -0.4 is 10.6 Å². The summed E-state index contributed by atoms with van der Waals surface area (Å²) >= 11 is 0. The number of rotatable bonds is 5. The highest BCUT2D eigenvalue weighted by atomic mass is 16.2. The molecule has 3 aromatic rings. The number of carbonyl (C=O) groups is 1. The zero-order chi connectivity index (χ0) is 17.8. The van der Waals surface area contributed by atoms with Crippen molar-refractivity contribution in [2.24, 2.45) is 0 Å². The number of nitrogens with one attached hydrogen (secondary N) is 2. The standard InChI is InChI=1S/C20H23N5O/c26-20(14-25-19(8-11-24-25)16-4-3-9-21-12-16)23-13-15-7-10-22-18-6-2-1-5-17(15)18/h1-2,5-8,10-11,16,21H,3-4,9,12-14H2,(H,23,26)/t16-/m1/s1. The fraction of sp³-hybridized carbons (Fsp3) is 0.350. The lowest BCUT2D eigenvalue weighted by Crippen LogP contribution is -2.32. The molecule has 0 saturated carbocycles. The zero-order valence-corrected chi connectivity index (χ0v) is 14.7. The lowest BCUT2D eigenvalue weighted by molar-refractivity contribution is -0.122. The van der Waals surface area contributed by atoms with Gasteiger partial charge in [-0.25, -0.2) is 0 Å². The number of benzene rings is 1. The number of nitrogens with zero attached hydrogens (tertiary/aromatic N) is 3. The van der Waals surface area contributed by atoms with E-state index in [1.807, 2.05) is 41.1 Å². The summed E-state index contributed by atoms with van der Waals surface area (Å²) in [4.78, 5) is 16.8. The van der Waals surface area contributed by atoms with Gasteiger partial charge in [0.1, 0.15) is 6.54 Å². The highest BCUT2D eigenvalue weighted by Crippen LogP contribution is 2.22. The molecule has 2 aromatic heterocycles. The van der Waals surface area contributed by atoms with Gasteiger partial charge in [0.15, 0.2) is 0 Å². The molecule has 0 bridgehead atoms. The van der Waals surface area contributed by atoms with Gasteiger partial charge in [-0.2, -0.15) is 5.10 Å². The van der Waals surface area contributed by atoms with E-state index in [4.69, 9.17) is 0 Å². The van der Waals surface area contributed by atoms with Crippen molar-refractivity contribution in [3.8, 4) is 0 Å². The molecule has 1 aromatic carbocycles. The van der Waals surface area contributed by atoms with Crippen molar-refractivity contribution in [3.63, 3.8) is 0 Å². The Hall–Kier alpha value is -2.73. The Balaban J connectivity index is 1.41. The van der Waals surface area contributed by atoms with E-state index in [1.54, 1.807) is 12.4 Å². The topological polar surface area (TPSA) is 71.8 Å². The Morgan fingerprint density at radius 2 is 2.15 bits per heavy atom. The first kappa shape index (κ1) is 16.7. The fourth-order valence-electron chi connectivity index (χ4n) is 3.62. The van der Waals surface area contributed by atoms with Gasteiger partial charge in [-0.3, -0.25) is 14.5 Å². The van der Waals surface area contributed by atoms with E-state index in [-0.39, 0.29) is 12.5 Å². The van der Waals surface area contributed by atoms with Gasteiger partial charge < -0.3 is 10.6 Å². The number of hydrogen-bond acceptors (Lipinski definition) is 4. The minimum Gasteiger partial charge on any atom is -0.350 e. The summed E-state index contributed by atoms with van der Waals surface area (Å²) in [7, 11) is 0. The maximum atomic E-state index is 12.5. The van der Waals surface area contributed by atoms with Crippen molar-refractivity contribution < 1.29 is 4.79 Å². The number of amides is 1. The van der Waals surface area contributed by atoms with Crippen LogP contribution in [0, 0.1) is 0 Å². The Labute approximate surface area is 152 Å². The molecular formula is C20H23N5O. The van der Waals surface area contributed by atoms with Crippen molar-refractivity contribution in [2.75, 3.05) is 13.1 Å². The predicted molar refractivity (Wildman–Crippen MR) is 101 cm³/mol. The van der Waals surface area contributed by atoms with Crippen LogP contribution in [0.4, 0.5) is 0 Å². The van der Waals surface area contributed by atoms with Gasteiger partial charge >= 0.3 is 0 Å². The van der Waals surface area contributed by atoms with Crippen molar-refractivity contribution in [3.05, 3.63) is 60.0 Å². The molecule has 1 aliphatic heterocycles. The van der Waals surface area contributed by atoms with Crippen LogP contribution in [-0.4, -0.2) is 33.8 Å². The number of pyridine rings is 1. The summed E-state index contributed by atoms with van der Waals surface area (Å²) in [6, 6.07) is 12.0. The van der Waals surface area contributed by atoms with Gasteiger partial charge in [-0.05, 0) is 43.1 Å². The number of carbonyl (C=O) groups excluding carboxylic acids is 1. The largest absolute Gasteiger partial charge is 0.350 e. The maximum Gasteiger partial charge on any atom is 0.242 e. The smallest absolute Gasteiger partial charge is 0.242 e. The minimum atomic E-state index is -0.0281. The summed E-state index contributed by atoms with van der Waals surface area (Å²) in [6.07, 6.45) is 5.87. The average molecular weight is 349 g/mol. The molecule has 2 N–H and O–H groups in total. The van der Waals surface area contributed by atoms with Crippen molar-refractivity contribution in [1.29, 1.82) is 0 Å². The molecule has 1 fully saturated rings. The fourth-order valence-corrected chi connectivity index (χ4v) is 3.62. The molecule has 1 atom stereocenters. The Bertz CT molecular complexity index is 893. The first-order chi connectivity index (χ1) is 12.8. The lowest BCUT2D eigenvalue weighted by Gasteiger charge is -2.23. The van der Waals surface area contributed by atoms with Gasteiger partial charge in [-0.15, -0.1) is 0 Å². The normalized spacial score (nSPS) is 17.3. The summed E-state index contributed by atoms with van der Waals surface area (Å²) in [5, 5.41) is 11.9. The monoisotopic (exact) mass is 349 g/mol. The van der Waals surface area contributed by atoms with E-state index in [2.05, 4.69) is 20.7 Å². The number of hydrogen-bond donors (Lipinski definition) is 2. The second kappa shape index (κ2) is 7.66. The van der Waals surface area contributed by atoms with Gasteiger partial charge in [0.05, 0.1) is 5.52 Å². The molecule has 1 amide bonds. The van der Waals surface area contributed by atoms with Crippen molar-refractivity contribution >= 4 is 16.8 Å². The van der Waals surface area contributed by atoms with Gasteiger partial charge in [0.25, 0.3) is 0 Å². The highest BCUT2D eigenvalue weighted by molar-refractivity contribution is 5.82. The van der Waals surface area contributed by atoms with Crippen LogP contribution in [0.25, 0.3) is 10.9 Å². The van der Waals surface area contributed by atoms with Gasteiger partial charge in [0.2, 0.25) is 5.91 Å². The van der Waals surface area contributed by atoms with Crippen LogP contribution >= 0.6 is 0 Å².